The minimum Gasteiger partial charge on any atom is -0.0543 e. The summed E-state index contributed by atoms with van der Waals surface area (Å²) in [6.45, 7) is 4.45. The van der Waals surface area contributed by atoms with E-state index in [1.54, 1.807) is 4.90 Å². The van der Waals surface area contributed by atoms with Gasteiger partial charge in [0.25, 0.3) is 0 Å². The minimum atomic E-state index is 0.572. The highest BCUT2D eigenvalue weighted by molar-refractivity contribution is 7.97. The van der Waals surface area contributed by atoms with E-state index in [-0.39, 0.29) is 0 Å². The molecule has 0 radical (unpaired) electrons. The van der Waals surface area contributed by atoms with E-state index in [4.69, 9.17) is 0 Å². The Morgan fingerprint density at radius 1 is 1.00 bits per heavy atom. The summed E-state index contributed by atoms with van der Waals surface area (Å²) in [6.07, 6.45) is 4.33. The molecule has 0 aliphatic carbocycles. The van der Waals surface area contributed by atoms with Crippen molar-refractivity contribution in [1.82, 2.24) is 0 Å². The van der Waals surface area contributed by atoms with Crippen molar-refractivity contribution in [2.75, 3.05) is 11.5 Å². The smallest absolute Gasteiger partial charge is 0.0543 e. The fourth-order valence-corrected chi connectivity index (χ4v) is 4.70. The van der Waals surface area contributed by atoms with Gasteiger partial charge in [-0.1, -0.05) is 17.7 Å². The summed E-state index contributed by atoms with van der Waals surface area (Å²) in [6, 6.07) is 6.96. The first kappa shape index (κ1) is 10.1. The van der Waals surface area contributed by atoms with Crippen LogP contribution in [-0.2, 0) is 10.9 Å². The first-order chi connectivity index (χ1) is 6.77. The monoisotopic (exact) mass is 207 g/mol. The molecule has 0 bridgehead atoms. The largest absolute Gasteiger partial charge is 0.157 e. The molecule has 1 fully saturated rings. The second kappa shape index (κ2) is 4.39. The van der Waals surface area contributed by atoms with Gasteiger partial charge in [-0.2, -0.15) is 0 Å². The Labute approximate surface area is 90.1 Å². The van der Waals surface area contributed by atoms with Gasteiger partial charge in [-0.05, 0) is 39.2 Å². The number of hydrogen-bond donors (Lipinski definition) is 0. The molecule has 14 heavy (non-hydrogen) atoms. The van der Waals surface area contributed by atoms with Gasteiger partial charge < -0.3 is 0 Å². The van der Waals surface area contributed by atoms with Crippen molar-refractivity contribution in [1.29, 1.82) is 0 Å². The fourth-order valence-electron chi connectivity index (χ4n) is 2.17. The Balaban J connectivity index is 2.22. The zero-order chi connectivity index (χ0) is 9.97. The molecule has 0 atom stereocenters. The summed E-state index contributed by atoms with van der Waals surface area (Å²) in [5.41, 5.74) is 2.90. The van der Waals surface area contributed by atoms with Gasteiger partial charge in [-0.15, -0.1) is 0 Å². The molecule has 0 saturated carbocycles. The number of aryl methyl sites for hydroxylation is 2. The maximum Gasteiger partial charge on any atom is 0.157 e. The van der Waals surface area contributed by atoms with E-state index in [2.05, 4.69) is 32.0 Å². The lowest BCUT2D eigenvalue weighted by molar-refractivity contribution is 0.756. The summed E-state index contributed by atoms with van der Waals surface area (Å²) in [7, 11) is 0.572. The van der Waals surface area contributed by atoms with Crippen LogP contribution in [0.1, 0.15) is 30.4 Å². The molecule has 0 amide bonds. The van der Waals surface area contributed by atoms with Crippen molar-refractivity contribution in [3.05, 3.63) is 29.3 Å². The van der Waals surface area contributed by atoms with E-state index in [1.807, 2.05) is 0 Å². The van der Waals surface area contributed by atoms with Gasteiger partial charge in [0.05, 0.1) is 0 Å². The van der Waals surface area contributed by atoms with Crippen LogP contribution in [0.2, 0.25) is 0 Å². The molecule has 1 aliphatic rings. The molecular formula is C13H19S+. The van der Waals surface area contributed by atoms with E-state index in [9.17, 15) is 0 Å². The third kappa shape index (κ3) is 2.14. The number of rotatable bonds is 1. The molecule has 1 aliphatic heterocycles. The van der Waals surface area contributed by atoms with Gasteiger partial charge in [0, 0.05) is 16.5 Å². The molecule has 1 heteroatoms. The third-order valence-corrected chi connectivity index (χ3v) is 5.57. The second-order valence-corrected chi connectivity index (χ2v) is 6.47. The summed E-state index contributed by atoms with van der Waals surface area (Å²) in [4.78, 5) is 1.63. The van der Waals surface area contributed by atoms with E-state index < -0.39 is 0 Å². The zero-order valence-electron chi connectivity index (χ0n) is 9.18. The number of benzene rings is 1. The Morgan fingerprint density at radius 2 is 1.71 bits per heavy atom. The molecular weight excluding hydrogens is 188 g/mol. The van der Waals surface area contributed by atoms with Crippen molar-refractivity contribution in [3.63, 3.8) is 0 Å². The first-order valence-electron chi connectivity index (χ1n) is 5.52. The molecule has 2 rings (SSSR count). The predicted molar refractivity (Wildman–Crippen MR) is 65.1 cm³/mol. The van der Waals surface area contributed by atoms with Crippen LogP contribution >= 0.6 is 0 Å². The third-order valence-electron chi connectivity index (χ3n) is 2.92. The average molecular weight is 207 g/mol. The first-order valence-corrected chi connectivity index (χ1v) is 7.08. The normalized spacial score (nSPS) is 18.4. The molecule has 1 aromatic rings. The summed E-state index contributed by atoms with van der Waals surface area (Å²) < 4.78 is 0. The quantitative estimate of drug-likeness (QED) is 0.619. The molecule has 1 aromatic carbocycles. The highest BCUT2D eigenvalue weighted by Crippen LogP contribution is 2.25. The van der Waals surface area contributed by atoms with Gasteiger partial charge in [0.2, 0.25) is 0 Å². The van der Waals surface area contributed by atoms with Gasteiger partial charge in [0.1, 0.15) is 11.5 Å². The van der Waals surface area contributed by atoms with Gasteiger partial charge in [0.15, 0.2) is 4.90 Å². The van der Waals surface area contributed by atoms with Crippen LogP contribution in [0.3, 0.4) is 0 Å². The zero-order valence-corrected chi connectivity index (χ0v) is 9.99. The highest BCUT2D eigenvalue weighted by atomic mass is 32.2. The van der Waals surface area contributed by atoms with Gasteiger partial charge in [-0.3, -0.25) is 0 Å². The predicted octanol–water partition coefficient (Wildman–Crippen LogP) is 3.46. The van der Waals surface area contributed by atoms with Crippen molar-refractivity contribution in [2.45, 2.75) is 38.0 Å². The SMILES string of the molecule is Cc1ccc([S+]2CCCCC2)c(C)c1. The lowest BCUT2D eigenvalue weighted by atomic mass is 10.2. The highest BCUT2D eigenvalue weighted by Gasteiger charge is 2.25. The summed E-state index contributed by atoms with van der Waals surface area (Å²) in [5.74, 6) is 2.87. The lowest BCUT2D eigenvalue weighted by Crippen LogP contribution is -2.18. The lowest BCUT2D eigenvalue weighted by Gasteiger charge is -2.14. The summed E-state index contributed by atoms with van der Waals surface area (Å²) in [5, 5.41) is 0. The Hall–Kier alpha value is -0.430. The number of hydrogen-bond acceptors (Lipinski definition) is 0. The molecule has 1 saturated heterocycles. The maximum atomic E-state index is 2.36. The average Bonchev–Trinajstić information content (AvgIpc) is 2.19. The van der Waals surface area contributed by atoms with Crippen molar-refractivity contribution in [3.8, 4) is 0 Å². The molecule has 0 unspecified atom stereocenters. The van der Waals surface area contributed by atoms with Crippen LogP contribution in [0.4, 0.5) is 0 Å². The minimum absolute atomic E-state index is 0.572. The molecule has 0 aromatic heterocycles. The fraction of sp³-hybridized carbons (Fsp3) is 0.538. The van der Waals surface area contributed by atoms with Crippen LogP contribution in [0.25, 0.3) is 0 Å². The van der Waals surface area contributed by atoms with Crippen LogP contribution in [0.15, 0.2) is 23.1 Å². The van der Waals surface area contributed by atoms with E-state index in [0.717, 1.165) is 0 Å². The van der Waals surface area contributed by atoms with Crippen molar-refractivity contribution >= 4 is 10.9 Å². The Morgan fingerprint density at radius 3 is 2.36 bits per heavy atom. The van der Waals surface area contributed by atoms with E-state index >= 15 is 0 Å². The van der Waals surface area contributed by atoms with Crippen molar-refractivity contribution < 1.29 is 0 Å². The summed E-state index contributed by atoms with van der Waals surface area (Å²) >= 11 is 0. The van der Waals surface area contributed by atoms with Crippen molar-refractivity contribution in [2.24, 2.45) is 0 Å². The Bertz CT molecular complexity index is 311. The topological polar surface area (TPSA) is 0 Å². The molecule has 76 valence electrons. The van der Waals surface area contributed by atoms with Crippen LogP contribution in [0.5, 0.6) is 0 Å². The molecule has 0 spiro atoms. The second-order valence-electron chi connectivity index (χ2n) is 4.23. The van der Waals surface area contributed by atoms with Crippen LogP contribution in [0, 0.1) is 13.8 Å². The Kier molecular flexibility index (Phi) is 3.17. The maximum absolute atomic E-state index is 2.36. The molecule has 0 N–H and O–H groups in total. The molecule has 0 nitrogen and oxygen atoms in total. The van der Waals surface area contributed by atoms with E-state index in [1.165, 1.54) is 41.9 Å². The van der Waals surface area contributed by atoms with Crippen LogP contribution < -0.4 is 0 Å². The standard InChI is InChI=1S/C13H19S/c1-11-6-7-13(12(2)10-11)14-8-4-3-5-9-14/h6-7,10H,3-5,8-9H2,1-2H3/q+1. The van der Waals surface area contributed by atoms with Gasteiger partial charge in [-0.25, -0.2) is 0 Å². The molecule has 1 heterocycles. The van der Waals surface area contributed by atoms with Gasteiger partial charge >= 0.3 is 0 Å². The van der Waals surface area contributed by atoms with E-state index in [0.29, 0.717) is 10.9 Å². The van der Waals surface area contributed by atoms with Crippen LogP contribution in [-0.4, -0.2) is 11.5 Å².